The Morgan fingerprint density at radius 1 is 1.31 bits per heavy atom. The van der Waals surface area contributed by atoms with E-state index in [-0.39, 0.29) is 11.0 Å². The summed E-state index contributed by atoms with van der Waals surface area (Å²) in [5.41, 5.74) is -2.43. The molecule has 2 heterocycles. The number of hydrogen-bond donors (Lipinski definition) is 3. The van der Waals surface area contributed by atoms with Gasteiger partial charge in [0.05, 0.1) is 19.3 Å². The Bertz CT molecular complexity index is 747. The summed E-state index contributed by atoms with van der Waals surface area (Å²) >= 11 is 0. The van der Waals surface area contributed by atoms with Gasteiger partial charge in [0.15, 0.2) is 8.32 Å². The third-order valence-corrected chi connectivity index (χ3v) is 10.1. The zero-order valence-electron chi connectivity index (χ0n) is 16.3. The van der Waals surface area contributed by atoms with Crippen LogP contribution in [0.2, 0.25) is 18.1 Å². The third-order valence-electron chi connectivity index (χ3n) is 5.69. The lowest BCUT2D eigenvalue weighted by Gasteiger charge is -2.43. The molecule has 3 atom stereocenters. The van der Waals surface area contributed by atoms with Crippen LogP contribution >= 0.6 is 0 Å². The highest BCUT2D eigenvalue weighted by Crippen LogP contribution is 2.46. The highest BCUT2D eigenvalue weighted by atomic mass is 28.4. The Labute approximate surface area is 153 Å². The number of rotatable bonds is 5. The van der Waals surface area contributed by atoms with Gasteiger partial charge in [-0.3, -0.25) is 14.3 Å². The first-order chi connectivity index (χ1) is 11.9. The zero-order chi connectivity index (χ0) is 19.9. The van der Waals surface area contributed by atoms with Gasteiger partial charge in [-0.2, -0.15) is 0 Å². The van der Waals surface area contributed by atoms with E-state index in [9.17, 15) is 19.8 Å². The Balaban J connectivity index is 2.46. The van der Waals surface area contributed by atoms with Crippen LogP contribution in [0.5, 0.6) is 0 Å². The first-order valence-corrected chi connectivity index (χ1v) is 11.7. The summed E-state index contributed by atoms with van der Waals surface area (Å²) in [6, 6.07) is 1.24. The largest absolute Gasteiger partial charge is 0.410 e. The number of aromatic amines is 1. The number of hydrogen-bond acceptors (Lipinski definition) is 6. The fourth-order valence-corrected chi connectivity index (χ4v) is 4.41. The summed E-state index contributed by atoms with van der Waals surface area (Å²) in [5.74, 6) is -0.327. The maximum Gasteiger partial charge on any atom is 0.330 e. The average molecular weight is 387 g/mol. The van der Waals surface area contributed by atoms with Crippen LogP contribution in [-0.4, -0.2) is 53.0 Å². The van der Waals surface area contributed by atoms with Crippen molar-refractivity contribution in [2.75, 3.05) is 13.2 Å². The number of H-pyrrole nitrogens is 1. The Morgan fingerprint density at radius 3 is 2.35 bits per heavy atom. The van der Waals surface area contributed by atoms with Gasteiger partial charge in [0, 0.05) is 18.2 Å². The second kappa shape index (κ2) is 7.04. The number of nitrogens with one attached hydrogen (secondary N) is 1. The topological polar surface area (TPSA) is 114 Å². The van der Waals surface area contributed by atoms with Crippen molar-refractivity contribution in [1.29, 1.82) is 0 Å². The minimum absolute atomic E-state index is 0.0731. The highest BCUT2D eigenvalue weighted by Gasteiger charge is 2.57. The van der Waals surface area contributed by atoms with Crippen molar-refractivity contribution in [2.24, 2.45) is 5.92 Å². The van der Waals surface area contributed by atoms with Gasteiger partial charge in [0.25, 0.3) is 5.56 Å². The van der Waals surface area contributed by atoms with Crippen LogP contribution in [0.25, 0.3) is 0 Å². The normalized spacial score (nSPS) is 26.2. The van der Waals surface area contributed by atoms with Gasteiger partial charge >= 0.3 is 5.69 Å². The molecule has 0 saturated carbocycles. The summed E-state index contributed by atoms with van der Waals surface area (Å²) in [4.78, 5) is 25.7. The molecular formula is C17H30N2O6Si. The minimum Gasteiger partial charge on any atom is -0.410 e. The fourth-order valence-electron chi connectivity index (χ4n) is 2.99. The molecule has 26 heavy (non-hydrogen) atoms. The average Bonchev–Trinajstić information content (AvgIpc) is 2.80. The van der Waals surface area contributed by atoms with Crippen molar-refractivity contribution in [3.8, 4) is 0 Å². The van der Waals surface area contributed by atoms with E-state index in [1.807, 2.05) is 6.92 Å². The molecule has 0 radical (unpaired) electrons. The van der Waals surface area contributed by atoms with Crippen LogP contribution in [0.1, 0.15) is 33.9 Å². The van der Waals surface area contributed by atoms with Gasteiger partial charge in [-0.1, -0.05) is 27.7 Å². The molecule has 8 nitrogen and oxygen atoms in total. The van der Waals surface area contributed by atoms with Crippen LogP contribution in [-0.2, 0) is 9.16 Å². The van der Waals surface area contributed by atoms with Crippen LogP contribution < -0.4 is 11.2 Å². The van der Waals surface area contributed by atoms with Gasteiger partial charge in [-0.15, -0.1) is 0 Å². The van der Waals surface area contributed by atoms with E-state index in [0.717, 1.165) is 0 Å². The van der Waals surface area contributed by atoms with Gasteiger partial charge in [-0.05, 0) is 18.1 Å². The van der Waals surface area contributed by atoms with E-state index in [0.29, 0.717) is 0 Å². The molecule has 0 spiro atoms. The van der Waals surface area contributed by atoms with Crippen LogP contribution in [0.4, 0.5) is 0 Å². The maximum absolute atomic E-state index is 12.2. The van der Waals surface area contributed by atoms with Crippen LogP contribution in [0, 0.1) is 5.92 Å². The van der Waals surface area contributed by atoms with Gasteiger partial charge in [-0.25, -0.2) is 4.79 Å². The minimum atomic E-state index is -2.23. The standard InChI is InChI=1S/C17H30N2O6Si/c1-11-13(25-26(5,6)16(2,3)4)17(9-20,10-21)24-14(11)19-8-7-12(22)18-15(19)23/h7-8,11,13-14,20-21H,9-10H2,1-6H3,(H,18,22,23)/t11-,13?,14-/m1/s1. The number of nitrogens with zero attached hydrogens (tertiary/aromatic N) is 1. The summed E-state index contributed by atoms with van der Waals surface area (Å²) in [5, 5.41) is 19.9. The van der Waals surface area contributed by atoms with Crippen LogP contribution in [0.15, 0.2) is 21.9 Å². The molecule has 9 heteroatoms. The zero-order valence-corrected chi connectivity index (χ0v) is 17.3. The van der Waals surface area contributed by atoms with E-state index in [2.05, 4.69) is 38.8 Å². The first-order valence-electron chi connectivity index (χ1n) is 8.77. The second-order valence-electron chi connectivity index (χ2n) is 8.56. The molecule has 2 rings (SSSR count). The van der Waals surface area contributed by atoms with Crippen LogP contribution in [0.3, 0.4) is 0 Å². The molecule has 1 aromatic rings. The molecule has 0 bridgehead atoms. The lowest BCUT2D eigenvalue weighted by atomic mass is 9.92. The SMILES string of the molecule is C[C@@H]1C(O[Si](C)(C)C(C)(C)C)C(CO)(CO)O[C@H]1n1ccc(=O)[nH]c1=O. The molecule has 1 fully saturated rings. The van der Waals surface area contributed by atoms with E-state index < -0.39 is 50.7 Å². The lowest BCUT2D eigenvalue weighted by molar-refractivity contribution is -0.148. The molecule has 1 aliphatic rings. The molecule has 148 valence electrons. The molecular weight excluding hydrogens is 356 g/mol. The monoisotopic (exact) mass is 386 g/mol. The molecule has 0 amide bonds. The molecule has 1 aromatic heterocycles. The lowest BCUT2D eigenvalue weighted by Crippen LogP contribution is -2.55. The number of aliphatic hydroxyl groups is 2. The number of ether oxygens (including phenoxy) is 1. The van der Waals surface area contributed by atoms with Crippen molar-refractivity contribution in [2.45, 2.75) is 63.8 Å². The van der Waals surface area contributed by atoms with Crippen molar-refractivity contribution >= 4 is 8.32 Å². The predicted molar refractivity (Wildman–Crippen MR) is 99.6 cm³/mol. The maximum atomic E-state index is 12.2. The van der Waals surface area contributed by atoms with E-state index >= 15 is 0 Å². The molecule has 1 unspecified atom stereocenters. The molecule has 1 saturated heterocycles. The second-order valence-corrected chi connectivity index (χ2v) is 13.3. The Morgan fingerprint density at radius 2 is 1.88 bits per heavy atom. The Kier molecular flexibility index (Phi) is 5.70. The van der Waals surface area contributed by atoms with E-state index in [1.54, 1.807) is 0 Å². The van der Waals surface area contributed by atoms with Gasteiger partial charge in [0.1, 0.15) is 11.8 Å². The number of aromatic nitrogens is 2. The summed E-state index contributed by atoms with van der Waals surface area (Å²) in [7, 11) is -2.23. The molecule has 0 aliphatic carbocycles. The van der Waals surface area contributed by atoms with E-state index in [1.165, 1.54) is 16.8 Å². The summed E-state index contributed by atoms with van der Waals surface area (Å²) in [6.07, 6.45) is -0.00746. The van der Waals surface area contributed by atoms with Crippen molar-refractivity contribution in [3.05, 3.63) is 33.1 Å². The highest BCUT2D eigenvalue weighted by molar-refractivity contribution is 6.74. The van der Waals surface area contributed by atoms with Gasteiger partial charge in [0.2, 0.25) is 0 Å². The summed E-state index contributed by atoms with van der Waals surface area (Å²) in [6.45, 7) is 11.4. The first kappa shape index (κ1) is 21.0. The van der Waals surface area contributed by atoms with E-state index in [4.69, 9.17) is 9.16 Å². The smallest absolute Gasteiger partial charge is 0.330 e. The predicted octanol–water partition coefficient (Wildman–Crippen LogP) is 0.815. The van der Waals surface area contributed by atoms with Crippen molar-refractivity contribution in [1.82, 2.24) is 9.55 Å². The molecule has 0 aromatic carbocycles. The quantitative estimate of drug-likeness (QED) is 0.646. The van der Waals surface area contributed by atoms with Crippen molar-refractivity contribution < 1.29 is 19.4 Å². The molecule has 3 N–H and O–H groups in total. The third kappa shape index (κ3) is 3.59. The van der Waals surface area contributed by atoms with Crippen molar-refractivity contribution in [3.63, 3.8) is 0 Å². The summed E-state index contributed by atoms with van der Waals surface area (Å²) < 4.78 is 13.7. The number of aliphatic hydroxyl groups excluding tert-OH is 2. The van der Waals surface area contributed by atoms with Gasteiger partial charge < -0.3 is 19.4 Å². The Hall–Kier alpha value is -1.26. The fraction of sp³-hybridized carbons (Fsp3) is 0.765. The molecule has 1 aliphatic heterocycles.